The quantitative estimate of drug-likeness (QED) is 0.374. The zero-order valence-electron chi connectivity index (χ0n) is 8.73. The van der Waals surface area contributed by atoms with E-state index >= 15 is 0 Å². The molecule has 2 rings (SSSR count). The minimum atomic E-state index is -1.17. The van der Waals surface area contributed by atoms with Crippen molar-refractivity contribution in [2.45, 2.75) is 25.4 Å². The van der Waals surface area contributed by atoms with E-state index in [9.17, 15) is 14.7 Å². The van der Waals surface area contributed by atoms with Crippen molar-refractivity contribution >= 4 is 23.6 Å². The van der Waals surface area contributed by atoms with Gasteiger partial charge in [0.1, 0.15) is 6.04 Å². The number of rotatable bonds is 3. The summed E-state index contributed by atoms with van der Waals surface area (Å²) in [5.41, 5.74) is 0. The van der Waals surface area contributed by atoms with Crippen LogP contribution in [0.5, 0.6) is 0 Å². The summed E-state index contributed by atoms with van der Waals surface area (Å²) in [6.45, 7) is 1.95. The molecule has 1 amide bonds. The fraction of sp³-hybridized carbons (Fsp3) is 0.556. The summed E-state index contributed by atoms with van der Waals surface area (Å²) in [6.07, 6.45) is 2.31. The Morgan fingerprint density at radius 3 is 2.87 bits per heavy atom. The van der Waals surface area contributed by atoms with E-state index in [4.69, 9.17) is 0 Å². The van der Waals surface area contributed by atoms with Gasteiger partial charge < -0.3 is 14.8 Å². The number of carboxylic acid groups (broad SMARTS) is 1. The van der Waals surface area contributed by atoms with Gasteiger partial charge in [-0.2, -0.15) is 0 Å². The molecule has 2 heterocycles. The van der Waals surface area contributed by atoms with Gasteiger partial charge in [0.15, 0.2) is 0 Å². The Kier molecular flexibility index (Phi) is 4.29. The third-order valence-electron chi connectivity index (χ3n) is 2.47. The number of hydrogen-bond donors (Lipinski definition) is 0. The Hall–Kier alpha value is 0.0300. The zero-order chi connectivity index (χ0) is 10.3. The van der Waals surface area contributed by atoms with E-state index in [0.717, 1.165) is 10.7 Å². The third-order valence-corrected chi connectivity index (χ3v) is 3.45. The van der Waals surface area contributed by atoms with Gasteiger partial charge in [0.05, 0.1) is 18.4 Å². The molecular weight excluding hydrogens is 225 g/mol. The average Bonchev–Trinajstić information content (AvgIpc) is 2.39. The number of nitrogens with zero attached hydrogens (tertiary/aromatic N) is 1. The van der Waals surface area contributed by atoms with Gasteiger partial charge in [0.25, 0.3) is 0 Å². The normalized spacial score (nSPS) is 27.7. The van der Waals surface area contributed by atoms with Crippen LogP contribution in [0.15, 0.2) is 11.0 Å². The van der Waals surface area contributed by atoms with E-state index < -0.39 is 12.0 Å². The molecule has 76 valence electrons. The molecule has 15 heavy (non-hydrogen) atoms. The van der Waals surface area contributed by atoms with Crippen LogP contribution in [0.1, 0.15) is 13.3 Å². The maximum absolute atomic E-state index is 11.2. The monoisotopic (exact) mass is 235 g/mol. The maximum atomic E-state index is 11.2. The number of carboxylic acids is 1. The Morgan fingerprint density at radius 1 is 1.73 bits per heavy atom. The molecule has 0 saturated carbocycles. The largest absolute Gasteiger partial charge is 1.00 e. The summed E-state index contributed by atoms with van der Waals surface area (Å²) in [5, 5.41) is 10.9. The van der Waals surface area contributed by atoms with Crippen LogP contribution in [0.4, 0.5) is 0 Å². The number of thioether (sulfide) groups is 1. The molecule has 6 heteroatoms. The number of fused-ring (bicyclic) bond motifs is 1. The molecule has 2 atom stereocenters. The van der Waals surface area contributed by atoms with Gasteiger partial charge in [-0.3, -0.25) is 4.79 Å². The van der Waals surface area contributed by atoms with E-state index in [2.05, 4.69) is 0 Å². The summed E-state index contributed by atoms with van der Waals surface area (Å²) < 4.78 is 0. The summed E-state index contributed by atoms with van der Waals surface area (Å²) in [4.78, 5) is 24.2. The molecular formula is C9H10NNaO3S. The molecule has 2 aliphatic rings. The van der Waals surface area contributed by atoms with Gasteiger partial charge in [-0.1, -0.05) is 6.92 Å². The van der Waals surface area contributed by atoms with Crippen molar-refractivity contribution in [2.75, 3.05) is 5.75 Å². The first-order valence-corrected chi connectivity index (χ1v) is 5.50. The molecule has 4 nitrogen and oxygen atoms in total. The Balaban J connectivity index is 0.00000112. The third kappa shape index (κ3) is 2.11. The second-order valence-electron chi connectivity index (χ2n) is 3.30. The van der Waals surface area contributed by atoms with Gasteiger partial charge in [0.2, 0.25) is 5.91 Å². The SMILES string of the molecule is CCSC1=CC2CC(=O)N2[C@@H]1C(=O)[O-].[Na+]. The number of carbonyl (C=O) groups excluding carboxylic acids is 2. The summed E-state index contributed by atoms with van der Waals surface area (Å²) in [6, 6.07) is -0.828. The maximum Gasteiger partial charge on any atom is 1.00 e. The fourth-order valence-electron chi connectivity index (χ4n) is 1.87. The number of amides is 1. The van der Waals surface area contributed by atoms with Crippen LogP contribution in [0.25, 0.3) is 0 Å². The molecule has 0 radical (unpaired) electrons. The molecule has 0 N–H and O–H groups in total. The van der Waals surface area contributed by atoms with Crippen LogP contribution >= 0.6 is 11.8 Å². The number of hydrogen-bond acceptors (Lipinski definition) is 4. The molecule has 0 aromatic rings. The Labute approximate surface area is 114 Å². The molecule has 0 spiro atoms. The molecule has 0 aromatic carbocycles. The molecule has 1 unspecified atom stereocenters. The molecule has 0 bridgehead atoms. The van der Waals surface area contributed by atoms with Crippen molar-refractivity contribution in [2.24, 2.45) is 0 Å². The minimum Gasteiger partial charge on any atom is -0.547 e. The van der Waals surface area contributed by atoms with Crippen LogP contribution in [0.2, 0.25) is 0 Å². The van der Waals surface area contributed by atoms with Crippen molar-refractivity contribution in [3.05, 3.63) is 11.0 Å². The molecule has 2 aliphatic heterocycles. The second-order valence-corrected chi connectivity index (χ2v) is 4.63. The van der Waals surface area contributed by atoms with E-state index in [1.807, 2.05) is 13.0 Å². The molecule has 1 saturated heterocycles. The van der Waals surface area contributed by atoms with Crippen molar-refractivity contribution in [3.63, 3.8) is 0 Å². The number of aliphatic carboxylic acids is 1. The van der Waals surface area contributed by atoms with Gasteiger partial charge in [-0.05, 0) is 11.8 Å². The van der Waals surface area contributed by atoms with E-state index in [0.29, 0.717) is 6.42 Å². The minimum absolute atomic E-state index is 0. The Bertz CT molecular complexity index is 331. The second kappa shape index (κ2) is 4.91. The first kappa shape index (κ1) is 13.1. The van der Waals surface area contributed by atoms with Crippen LogP contribution in [0.3, 0.4) is 0 Å². The topological polar surface area (TPSA) is 60.4 Å². The number of β-lactam (4-membered cyclic amide) rings is 1. The van der Waals surface area contributed by atoms with Gasteiger partial charge in [-0.25, -0.2) is 0 Å². The predicted molar refractivity (Wildman–Crippen MR) is 50.3 cm³/mol. The van der Waals surface area contributed by atoms with Crippen LogP contribution in [-0.2, 0) is 9.59 Å². The van der Waals surface area contributed by atoms with Crippen molar-refractivity contribution in [1.29, 1.82) is 0 Å². The van der Waals surface area contributed by atoms with Crippen LogP contribution < -0.4 is 34.7 Å². The fourth-order valence-corrected chi connectivity index (χ4v) is 2.83. The standard InChI is InChI=1S/C9H11NO3S.Na/c1-2-14-6-3-5-4-7(11)10(5)8(6)9(12)13;/h3,5,8H,2,4H2,1H3,(H,12,13);/q;+1/p-1/t5?,8-;/m0./s1. The average molecular weight is 235 g/mol. The van der Waals surface area contributed by atoms with Gasteiger partial charge in [-0.15, -0.1) is 11.8 Å². The van der Waals surface area contributed by atoms with Crippen molar-refractivity contribution < 1.29 is 44.3 Å². The Morgan fingerprint density at radius 2 is 2.40 bits per heavy atom. The van der Waals surface area contributed by atoms with Crippen LogP contribution in [-0.4, -0.2) is 34.6 Å². The first-order valence-electron chi connectivity index (χ1n) is 4.51. The predicted octanol–water partition coefficient (Wildman–Crippen LogP) is -3.64. The van der Waals surface area contributed by atoms with E-state index in [1.165, 1.54) is 16.7 Å². The first-order chi connectivity index (χ1) is 6.65. The van der Waals surface area contributed by atoms with Gasteiger partial charge in [0, 0.05) is 4.91 Å². The zero-order valence-corrected chi connectivity index (χ0v) is 11.5. The number of carbonyl (C=O) groups is 2. The van der Waals surface area contributed by atoms with Gasteiger partial charge >= 0.3 is 29.6 Å². The summed E-state index contributed by atoms with van der Waals surface area (Å²) >= 11 is 1.47. The molecule has 0 aromatic heterocycles. The summed E-state index contributed by atoms with van der Waals surface area (Å²) in [5.74, 6) is -0.454. The van der Waals surface area contributed by atoms with Crippen molar-refractivity contribution in [3.8, 4) is 0 Å². The van der Waals surface area contributed by atoms with E-state index in [-0.39, 0.29) is 41.5 Å². The molecule has 1 fully saturated rings. The van der Waals surface area contributed by atoms with E-state index in [1.54, 1.807) is 0 Å². The van der Waals surface area contributed by atoms with Crippen molar-refractivity contribution in [1.82, 2.24) is 4.90 Å². The smallest absolute Gasteiger partial charge is 0.547 e. The summed E-state index contributed by atoms with van der Waals surface area (Å²) in [7, 11) is 0. The van der Waals surface area contributed by atoms with Crippen LogP contribution in [0, 0.1) is 0 Å². The molecule has 0 aliphatic carbocycles.